The van der Waals surface area contributed by atoms with Crippen LogP contribution in [0.1, 0.15) is 33.2 Å². The van der Waals surface area contributed by atoms with Gasteiger partial charge in [0.05, 0.1) is 41.9 Å². The molecular weight excluding hydrogens is 398 g/mol. The van der Waals surface area contributed by atoms with Gasteiger partial charge in [-0.05, 0) is 46.2 Å². The summed E-state index contributed by atoms with van der Waals surface area (Å²) in [6.45, 7) is -0.208. The highest BCUT2D eigenvalue weighted by molar-refractivity contribution is 7.08. The molecule has 0 radical (unpaired) electrons. The highest BCUT2D eigenvalue weighted by Gasteiger charge is 2.21. The van der Waals surface area contributed by atoms with Gasteiger partial charge in [-0.15, -0.1) is 0 Å². The third-order valence-corrected chi connectivity index (χ3v) is 5.53. The quantitative estimate of drug-likeness (QED) is 0.418. The van der Waals surface area contributed by atoms with Crippen LogP contribution in [0.3, 0.4) is 0 Å². The number of amides is 1. The van der Waals surface area contributed by atoms with Gasteiger partial charge >= 0.3 is 0 Å². The predicted molar refractivity (Wildman–Crippen MR) is 120 cm³/mol. The average molecular weight is 420 g/mol. The van der Waals surface area contributed by atoms with Crippen molar-refractivity contribution in [3.8, 4) is 5.75 Å². The molecule has 0 aliphatic rings. The number of thiophene rings is 1. The highest BCUT2D eigenvalue weighted by atomic mass is 32.1. The lowest BCUT2D eigenvalue weighted by atomic mass is 10.0. The lowest BCUT2D eigenvalue weighted by molar-refractivity contribution is 0.0913. The second-order valence-electron chi connectivity index (χ2n) is 6.69. The Morgan fingerprint density at radius 3 is 2.77 bits per heavy atom. The number of nitrogens with one attached hydrogen (secondary N) is 2. The Morgan fingerprint density at radius 1 is 1.23 bits per heavy atom. The molecule has 1 atom stereocenters. The molecule has 0 bridgehead atoms. The SMILES string of the molecule is COc1c(C(=O)N[C@H](CO)c2ccccc2)ccc2n[nH]c(C=Cc3ccsc3)c12. The number of hydrogen-bond acceptors (Lipinski definition) is 5. The molecule has 0 saturated carbocycles. The summed E-state index contributed by atoms with van der Waals surface area (Å²) < 4.78 is 5.62. The molecule has 2 aromatic heterocycles. The second-order valence-corrected chi connectivity index (χ2v) is 7.47. The first kappa shape index (κ1) is 19.9. The van der Waals surface area contributed by atoms with Crippen LogP contribution in [-0.4, -0.2) is 34.9 Å². The summed E-state index contributed by atoms with van der Waals surface area (Å²) in [6, 6.07) is 14.3. The van der Waals surface area contributed by atoms with Crippen LogP contribution in [0.2, 0.25) is 0 Å². The van der Waals surface area contributed by atoms with Gasteiger partial charge in [-0.25, -0.2) is 0 Å². The number of benzene rings is 2. The first-order valence-electron chi connectivity index (χ1n) is 9.43. The van der Waals surface area contributed by atoms with Crippen LogP contribution < -0.4 is 10.1 Å². The number of nitrogens with zero attached hydrogens (tertiary/aromatic N) is 1. The van der Waals surface area contributed by atoms with Gasteiger partial charge in [0.2, 0.25) is 0 Å². The molecule has 152 valence electrons. The predicted octanol–water partition coefficient (Wildman–Crippen LogP) is 4.27. The van der Waals surface area contributed by atoms with E-state index in [1.807, 2.05) is 59.3 Å². The van der Waals surface area contributed by atoms with Crippen LogP contribution in [0.25, 0.3) is 23.1 Å². The Kier molecular flexibility index (Phi) is 5.92. The van der Waals surface area contributed by atoms with E-state index in [-0.39, 0.29) is 12.5 Å². The summed E-state index contributed by atoms with van der Waals surface area (Å²) >= 11 is 1.63. The van der Waals surface area contributed by atoms with E-state index in [0.717, 1.165) is 22.2 Å². The van der Waals surface area contributed by atoms with Crippen molar-refractivity contribution in [2.45, 2.75) is 6.04 Å². The highest BCUT2D eigenvalue weighted by Crippen LogP contribution is 2.32. The third-order valence-electron chi connectivity index (χ3n) is 4.83. The van der Waals surface area contributed by atoms with E-state index in [1.54, 1.807) is 23.5 Å². The van der Waals surface area contributed by atoms with Gasteiger partial charge in [-0.1, -0.05) is 36.4 Å². The van der Waals surface area contributed by atoms with E-state index in [9.17, 15) is 9.90 Å². The molecule has 0 spiro atoms. The van der Waals surface area contributed by atoms with Gasteiger partial charge in [-0.2, -0.15) is 16.4 Å². The standard InChI is InChI=1S/C23H21N3O3S/c1-29-22-17(23(28)24-20(13-27)16-5-3-2-4-6-16)8-10-19-21(22)18(25-26-19)9-7-15-11-12-30-14-15/h2-12,14,20,27H,13H2,1H3,(H,24,28)(H,25,26)/t20-/m1/s1. The maximum absolute atomic E-state index is 13.0. The fraction of sp³-hybridized carbons (Fsp3) is 0.130. The van der Waals surface area contributed by atoms with Crippen LogP contribution in [0.15, 0.2) is 59.3 Å². The number of carbonyl (C=O) groups is 1. The van der Waals surface area contributed by atoms with Gasteiger partial charge < -0.3 is 15.2 Å². The van der Waals surface area contributed by atoms with Gasteiger partial charge in [-0.3, -0.25) is 9.89 Å². The van der Waals surface area contributed by atoms with E-state index in [2.05, 4.69) is 15.5 Å². The normalized spacial score (nSPS) is 12.3. The number of H-pyrrole nitrogens is 1. The number of aliphatic hydroxyl groups excluding tert-OH is 1. The van der Waals surface area contributed by atoms with E-state index in [4.69, 9.17) is 4.74 Å². The third kappa shape index (κ3) is 3.98. The molecule has 0 aliphatic carbocycles. The van der Waals surface area contributed by atoms with Crippen molar-refractivity contribution in [3.05, 3.63) is 81.7 Å². The van der Waals surface area contributed by atoms with Crippen molar-refractivity contribution in [1.82, 2.24) is 15.5 Å². The molecule has 2 heterocycles. The maximum atomic E-state index is 13.0. The number of rotatable bonds is 7. The van der Waals surface area contributed by atoms with Gasteiger partial charge in [0.15, 0.2) is 0 Å². The summed E-state index contributed by atoms with van der Waals surface area (Å²) in [7, 11) is 1.53. The topological polar surface area (TPSA) is 87.2 Å². The van der Waals surface area contributed by atoms with Crippen molar-refractivity contribution in [1.29, 1.82) is 0 Å². The van der Waals surface area contributed by atoms with Crippen molar-refractivity contribution < 1.29 is 14.6 Å². The van der Waals surface area contributed by atoms with E-state index in [1.165, 1.54) is 7.11 Å². The number of carbonyl (C=O) groups excluding carboxylic acids is 1. The number of aromatic nitrogens is 2. The van der Waals surface area contributed by atoms with Gasteiger partial charge in [0, 0.05) is 0 Å². The first-order valence-corrected chi connectivity index (χ1v) is 10.4. The Morgan fingerprint density at radius 2 is 2.07 bits per heavy atom. The Hall–Kier alpha value is -3.42. The first-order chi connectivity index (χ1) is 14.7. The van der Waals surface area contributed by atoms with Crippen molar-refractivity contribution in [2.24, 2.45) is 0 Å². The van der Waals surface area contributed by atoms with Crippen molar-refractivity contribution in [3.63, 3.8) is 0 Å². The number of ether oxygens (including phenoxy) is 1. The minimum absolute atomic E-state index is 0.208. The zero-order valence-electron chi connectivity index (χ0n) is 16.3. The molecule has 0 fully saturated rings. The Bertz CT molecular complexity index is 1170. The van der Waals surface area contributed by atoms with Crippen LogP contribution in [0.5, 0.6) is 5.75 Å². The molecule has 7 heteroatoms. The van der Waals surface area contributed by atoms with Gasteiger partial charge in [0.25, 0.3) is 5.91 Å². The largest absolute Gasteiger partial charge is 0.495 e. The smallest absolute Gasteiger partial charge is 0.255 e. The molecule has 3 N–H and O–H groups in total. The lowest BCUT2D eigenvalue weighted by Gasteiger charge is -2.18. The fourth-order valence-corrected chi connectivity index (χ4v) is 3.95. The molecule has 0 aliphatic heterocycles. The molecule has 0 saturated heterocycles. The van der Waals surface area contributed by atoms with Crippen LogP contribution in [0.4, 0.5) is 0 Å². The molecule has 30 heavy (non-hydrogen) atoms. The average Bonchev–Trinajstić information content (AvgIpc) is 3.45. The second kappa shape index (κ2) is 8.94. The minimum Gasteiger partial charge on any atom is -0.495 e. The summed E-state index contributed by atoms with van der Waals surface area (Å²) in [5.41, 5.74) is 3.76. The molecule has 4 rings (SSSR count). The number of fused-ring (bicyclic) bond motifs is 1. The molecule has 6 nitrogen and oxygen atoms in total. The molecule has 0 unspecified atom stereocenters. The monoisotopic (exact) mass is 419 g/mol. The Balaban J connectivity index is 1.68. The minimum atomic E-state index is -0.513. The van der Waals surface area contributed by atoms with E-state index < -0.39 is 6.04 Å². The van der Waals surface area contributed by atoms with Crippen molar-refractivity contribution >= 4 is 40.3 Å². The number of hydrogen-bond donors (Lipinski definition) is 3. The summed E-state index contributed by atoms with van der Waals surface area (Å²) in [6.07, 6.45) is 3.90. The van der Waals surface area contributed by atoms with E-state index >= 15 is 0 Å². The summed E-state index contributed by atoms with van der Waals surface area (Å²) in [5, 5.41) is 24.8. The van der Waals surface area contributed by atoms with Crippen LogP contribution >= 0.6 is 11.3 Å². The summed E-state index contributed by atoms with van der Waals surface area (Å²) in [5.74, 6) is 0.110. The van der Waals surface area contributed by atoms with Crippen LogP contribution in [-0.2, 0) is 0 Å². The molecule has 1 amide bonds. The zero-order chi connectivity index (χ0) is 20.9. The number of methoxy groups -OCH3 is 1. The zero-order valence-corrected chi connectivity index (χ0v) is 17.1. The molecule has 4 aromatic rings. The van der Waals surface area contributed by atoms with Crippen LogP contribution in [0, 0.1) is 0 Å². The lowest BCUT2D eigenvalue weighted by Crippen LogP contribution is -2.31. The van der Waals surface area contributed by atoms with E-state index in [0.29, 0.717) is 16.8 Å². The van der Waals surface area contributed by atoms with Gasteiger partial charge in [0.1, 0.15) is 5.75 Å². The number of aliphatic hydroxyl groups is 1. The van der Waals surface area contributed by atoms with Crippen molar-refractivity contribution in [2.75, 3.05) is 13.7 Å². The summed E-state index contributed by atoms with van der Waals surface area (Å²) in [4.78, 5) is 13.0. The Labute approximate surface area is 177 Å². The maximum Gasteiger partial charge on any atom is 0.255 e. The fourth-order valence-electron chi connectivity index (χ4n) is 3.32. The molecule has 2 aromatic carbocycles. The number of aromatic amines is 1. The molecular formula is C23H21N3O3S.